The number of aliphatic hydroxyl groups is 1. The van der Waals surface area contributed by atoms with Crippen LogP contribution in [0, 0.1) is 5.92 Å². The molecule has 3 heteroatoms. The summed E-state index contributed by atoms with van der Waals surface area (Å²) >= 11 is 0. The molecule has 1 rings (SSSR count). The van der Waals surface area contributed by atoms with Gasteiger partial charge < -0.3 is 10.0 Å². The highest BCUT2D eigenvalue weighted by Crippen LogP contribution is 2.27. The van der Waals surface area contributed by atoms with Gasteiger partial charge in [0, 0.05) is 19.1 Å². The fourth-order valence-electron chi connectivity index (χ4n) is 3.17. The summed E-state index contributed by atoms with van der Waals surface area (Å²) in [4.78, 5) is 4.64. The Morgan fingerprint density at radius 3 is 2.22 bits per heavy atom. The average Bonchev–Trinajstić information content (AvgIpc) is 2.35. The van der Waals surface area contributed by atoms with E-state index in [9.17, 15) is 5.11 Å². The van der Waals surface area contributed by atoms with Crippen molar-refractivity contribution in [2.24, 2.45) is 5.92 Å². The van der Waals surface area contributed by atoms with Crippen molar-refractivity contribution in [1.29, 1.82) is 0 Å². The molecule has 0 aromatic carbocycles. The number of nitrogens with zero attached hydrogens (tertiary/aromatic N) is 2. The van der Waals surface area contributed by atoms with E-state index >= 15 is 0 Å². The van der Waals surface area contributed by atoms with Crippen LogP contribution in [0.25, 0.3) is 0 Å². The van der Waals surface area contributed by atoms with Crippen molar-refractivity contribution in [3.8, 4) is 0 Å². The molecule has 1 aliphatic rings. The Balaban J connectivity index is 2.40. The molecule has 1 N–H and O–H groups in total. The second kappa shape index (κ2) is 8.13. The van der Waals surface area contributed by atoms with E-state index in [1.54, 1.807) is 0 Å². The van der Waals surface area contributed by atoms with Gasteiger partial charge in [-0.2, -0.15) is 0 Å². The fraction of sp³-hybridized carbons (Fsp3) is 1.00. The summed E-state index contributed by atoms with van der Waals surface area (Å²) < 4.78 is 0. The minimum Gasteiger partial charge on any atom is -0.392 e. The summed E-state index contributed by atoms with van der Waals surface area (Å²) in [6, 6.07) is 0.517. The van der Waals surface area contributed by atoms with E-state index in [-0.39, 0.29) is 6.10 Å². The first-order valence-electron chi connectivity index (χ1n) is 7.61. The van der Waals surface area contributed by atoms with E-state index in [2.05, 4.69) is 37.7 Å². The molecule has 1 saturated carbocycles. The Kier molecular flexibility index (Phi) is 7.20. The third-order valence-electron chi connectivity index (χ3n) is 4.27. The summed E-state index contributed by atoms with van der Waals surface area (Å²) in [5.41, 5.74) is 0. The van der Waals surface area contributed by atoms with Gasteiger partial charge in [-0.05, 0) is 46.3 Å². The van der Waals surface area contributed by atoms with Crippen molar-refractivity contribution in [3.05, 3.63) is 0 Å². The summed E-state index contributed by atoms with van der Waals surface area (Å²) in [7, 11) is 4.23. The lowest BCUT2D eigenvalue weighted by Crippen LogP contribution is -2.45. The fourth-order valence-corrected chi connectivity index (χ4v) is 3.17. The molecular formula is C15H32N2O. The van der Waals surface area contributed by atoms with Gasteiger partial charge >= 0.3 is 0 Å². The Morgan fingerprint density at radius 1 is 1.11 bits per heavy atom. The number of likely N-dealkylation sites (N-methyl/N-ethyl adjacent to an activating group) is 2. The van der Waals surface area contributed by atoms with Crippen LogP contribution in [0.5, 0.6) is 0 Å². The molecule has 0 amide bonds. The summed E-state index contributed by atoms with van der Waals surface area (Å²) in [5.74, 6) is 0.541. The van der Waals surface area contributed by atoms with Crippen LogP contribution in [0.2, 0.25) is 0 Å². The second-order valence-corrected chi connectivity index (χ2v) is 6.16. The number of aliphatic hydroxyl groups excluding tert-OH is 1. The Bertz CT molecular complexity index is 215. The van der Waals surface area contributed by atoms with Gasteiger partial charge in [0.25, 0.3) is 0 Å². The standard InChI is InChI=1S/C15H32N2O/c1-5-17(13(2)11-16(3)4)12-15(18)14-9-7-6-8-10-14/h13-15,18H,5-12H2,1-4H3. The number of rotatable bonds is 7. The van der Waals surface area contributed by atoms with Crippen molar-refractivity contribution < 1.29 is 5.11 Å². The van der Waals surface area contributed by atoms with Gasteiger partial charge in [-0.3, -0.25) is 4.90 Å². The molecule has 0 aromatic rings. The first kappa shape index (κ1) is 15.9. The molecule has 0 saturated heterocycles. The van der Waals surface area contributed by atoms with Crippen molar-refractivity contribution in [2.45, 2.75) is 58.1 Å². The smallest absolute Gasteiger partial charge is 0.0695 e. The average molecular weight is 256 g/mol. The van der Waals surface area contributed by atoms with E-state index in [1.165, 1.54) is 32.1 Å². The van der Waals surface area contributed by atoms with Gasteiger partial charge in [-0.25, -0.2) is 0 Å². The Labute approximate surface area is 113 Å². The molecule has 3 nitrogen and oxygen atoms in total. The van der Waals surface area contributed by atoms with Crippen LogP contribution < -0.4 is 0 Å². The highest BCUT2D eigenvalue weighted by atomic mass is 16.3. The first-order valence-corrected chi connectivity index (χ1v) is 7.61. The zero-order chi connectivity index (χ0) is 13.5. The summed E-state index contributed by atoms with van der Waals surface area (Å²) in [6.45, 7) is 7.39. The van der Waals surface area contributed by atoms with E-state index in [1.807, 2.05) is 0 Å². The zero-order valence-corrected chi connectivity index (χ0v) is 12.7. The number of hydrogen-bond acceptors (Lipinski definition) is 3. The lowest BCUT2D eigenvalue weighted by Gasteiger charge is -2.35. The monoisotopic (exact) mass is 256 g/mol. The van der Waals surface area contributed by atoms with Crippen LogP contribution >= 0.6 is 0 Å². The van der Waals surface area contributed by atoms with Crippen LogP contribution in [-0.4, -0.2) is 60.8 Å². The summed E-state index contributed by atoms with van der Waals surface area (Å²) in [6.07, 6.45) is 6.29. The molecule has 0 radical (unpaired) electrons. The minimum absolute atomic E-state index is 0.130. The maximum absolute atomic E-state index is 10.4. The molecule has 2 unspecified atom stereocenters. The topological polar surface area (TPSA) is 26.7 Å². The van der Waals surface area contributed by atoms with E-state index < -0.39 is 0 Å². The largest absolute Gasteiger partial charge is 0.392 e. The van der Waals surface area contributed by atoms with E-state index in [4.69, 9.17) is 0 Å². The first-order chi connectivity index (χ1) is 8.54. The third kappa shape index (κ3) is 5.25. The number of hydrogen-bond donors (Lipinski definition) is 1. The second-order valence-electron chi connectivity index (χ2n) is 6.16. The van der Waals surface area contributed by atoms with Gasteiger partial charge in [0.1, 0.15) is 0 Å². The SMILES string of the molecule is CCN(CC(O)C1CCCCC1)C(C)CN(C)C. The van der Waals surface area contributed by atoms with Crippen LogP contribution in [0.3, 0.4) is 0 Å². The lowest BCUT2D eigenvalue weighted by atomic mass is 9.85. The normalized spacial score (nSPS) is 21.5. The van der Waals surface area contributed by atoms with Crippen molar-refractivity contribution in [1.82, 2.24) is 9.80 Å². The predicted octanol–water partition coefficient (Wildman–Crippen LogP) is 2.20. The van der Waals surface area contributed by atoms with Gasteiger partial charge in [0.15, 0.2) is 0 Å². The van der Waals surface area contributed by atoms with Crippen molar-refractivity contribution in [3.63, 3.8) is 0 Å². The predicted molar refractivity (Wildman–Crippen MR) is 77.8 cm³/mol. The highest BCUT2D eigenvalue weighted by molar-refractivity contribution is 4.78. The van der Waals surface area contributed by atoms with Gasteiger partial charge in [0.2, 0.25) is 0 Å². The maximum atomic E-state index is 10.4. The highest BCUT2D eigenvalue weighted by Gasteiger charge is 2.25. The molecule has 0 aromatic heterocycles. The van der Waals surface area contributed by atoms with Crippen molar-refractivity contribution >= 4 is 0 Å². The Morgan fingerprint density at radius 2 is 1.72 bits per heavy atom. The molecule has 0 spiro atoms. The quantitative estimate of drug-likeness (QED) is 0.756. The lowest BCUT2D eigenvalue weighted by molar-refractivity contribution is 0.0338. The van der Waals surface area contributed by atoms with Crippen LogP contribution in [-0.2, 0) is 0 Å². The molecule has 0 aliphatic heterocycles. The van der Waals surface area contributed by atoms with Crippen LogP contribution in [0.4, 0.5) is 0 Å². The molecular weight excluding hydrogens is 224 g/mol. The van der Waals surface area contributed by atoms with Gasteiger partial charge in [-0.1, -0.05) is 26.2 Å². The van der Waals surface area contributed by atoms with Crippen LogP contribution in [0.1, 0.15) is 46.0 Å². The van der Waals surface area contributed by atoms with Crippen molar-refractivity contribution in [2.75, 3.05) is 33.7 Å². The molecule has 1 fully saturated rings. The maximum Gasteiger partial charge on any atom is 0.0695 e. The molecule has 0 heterocycles. The van der Waals surface area contributed by atoms with Crippen LogP contribution in [0.15, 0.2) is 0 Å². The molecule has 0 bridgehead atoms. The Hall–Kier alpha value is -0.120. The zero-order valence-electron chi connectivity index (χ0n) is 12.7. The molecule has 18 heavy (non-hydrogen) atoms. The van der Waals surface area contributed by atoms with E-state index in [0.29, 0.717) is 12.0 Å². The van der Waals surface area contributed by atoms with Gasteiger partial charge in [0.05, 0.1) is 6.10 Å². The molecule has 2 atom stereocenters. The van der Waals surface area contributed by atoms with E-state index in [0.717, 1.165) is 19.6 Å². The molecule has 108 valence electrons. The minimum atomic E-state index is -0.130. The van der Waals surface area contributed by atoms with Gasteiger partial charge in [-0.15, -0.1) is 0 Å². The molecule has 1 aliphatic carbocycles. The summed E-state index contributed by atoms with van der Waals surface area (Å²) in [5, 5.41) is 10.4. The third-order valence-corrected chi connectivity index (χ3v) is 4.27.